The SMILES string of the molecule is [O-][Cl+]Oc1c(Cl)cc(Cl)cc1Cl. The number of benzene rings is 1. The normalized spacial score (nSPS) is 10.0. The second-order valence-corrected chi connectivity index (χ2v) is 3.37. The van der Waals surface area contributed by atoms with Crippen LogP contribution < -0.4 is 8.95 Å². The average molecular weight is 248 g/mol. The highest BCUT2D eigenvalue weighted by Crippen LogP contribution is 2.35. The van der Waals surface area contributed by atoms with Gasteiger partial charge in [0.05, 0.1) is 10.0 Å². The van der Waals surface area contributed by atoms with Crippen molar-refractivity contribution in [2.75, 3.05) is 0 Å². The van der Waals surface area contributed by atoms with E-state index in [2.05, 4.69) is 4.29 Å². The number of hydrogen-bond donors (Lipinski definition) is 0. The third kappa shape index (κ3) is 2.31. The molecule has 2 nitrogen and oxygen atoms in total. The zero-order chi connectivity index (χ0) is 9.14. The topological polar surface area (TPSA) is 32.3 Å². The van der Waals surface area contributed by atoms with Crippen LogP contribution >= 0.6 is 34.8 Å². The lowest BCUT2D eigenvalue weighted by Gasteiger charge is -1.99. The predicted molar refractivity (Wildman–Crippen MR) is 42.1 cm³/mol. The lowest BCUT2D eigenvalue weighted by Crippen LogP contribution is -2.07. The minimum absolute atomic E-state index is 0.117. The van der Waals surface area contributed by atoms with Crippen LogP contribution in [0, 0.1) is 11.3 Å². The van der Waals surface area contributed by atoms with Crippen molar-refractivity contribution in [3.8, 4) is 5.75 Å². The standard InChI is InChI=1S/C6H2Cl4O2/c7-3-1-4(8)6(12-10-11)5(9)2-3/h1-2H. The number of hydrogen-bond acceptors (Lipinski definition) is 2. The van der Waals surface area contributed by atoms with Crippen LogP contribution in [0.25, 0.3) is 0 Å². The van der Waals surface area contributed by atoms with Crippen molar-refractivity contribution in [3.63, 3.8) is 0 Å². The van der Waals surface area contributed by atoms with Gasteiger partial charge in [0.1, 0.15) is 0 Å². The first-order chi connectivity index (χ1) is 5.65. The summed E-state index contributed by atoms with van der Waals surface area (Å²) in [5.74, 6) is 0.117. The molecule has 0 saturated carbocycles. The molecule has 0 aliphatic rings. The molecule has 0 amide bonds. The van der Waals surface area contributed by atoms with E-state index in [1.54, 1.807) is 0 Å². The largest absolute Gasteiger partial charge is 0.495 e. The summed E-state index contributed by atoms with van der Waals surface area (Å²) in [5, 5.41) is 0.799. The Hall–Kier alpha value is 0.140. The maximum Gasteiger partial charge on any atom is 0.393 e. The van der Waals surface area contributed by atoms with E-state index in [-0.39, 0.29) is 15.8 Å². The Morgan fingerprint density at radius 3 is 2.08 bits per heavy atom. The molecule has 0 atom stereocenters. The van der Waals surface area contributed by atoms with Crippen molar-refractivity contribution in [1.82, 2.24) is 0 Å². The lowest BCUT2D eigenvalue weighted by molar-refractivity contribution is -1.25. The van der Waals surface area contributed by atoms with E-state index in [1.807, 2.05) is 0 Å². The summed E-state index contributed by atoms with van der Waals surface area (Å²) in [6.07, 6.45) is 0. The fraction of sp³-hybridized carbons (Fsp3) is 0. The highest BCUT2D eigenvalue weighted by atomic mass is 35.6. The quantitative estimate of drug-likeness (QED) is 0.804. The third-order valence-electron chi connectivity index (χ3n) is 1.07. The lowest BCUT2D eigenvalue weighted by atomic mass is 10.3. The van der Waals surface area contributed by atoms with Gasteiger partial charge in [0.2, 0.25) is 5.75 Å². The molecule has 1 aromatic carbocycles. The summed E-state index contributed by atoms with van der Waals surface area (Å²) in [5.41, 5.74) is 0. The van der Waals surface area contributed by atoms with Crippen molar-refractivity contribution in [1.29, 1.82) is 0 Å². The minimum Gasteiger partial charge on any atom is -0.495 e. The Labute approximate surface area is 88.1 Å². The van der Waals surface area contributed by atoms with Gasteiger partial charge in [-0.25, -0.2) is 4.29 Å². The monoisotopic (exact) mass is 246 g/mol. The van der Waals surface area contributed by atoms with Gasteiger partial charge >= 0.3 is 11.3 Å². The smallest absolute Gasteiger partial charge is 0.393 e. The number of halogens is 4. The molecule has 0 aliphatic carbocycles. The minimum atomic E-state index is 0.117. The van der Waals surface area contributed by atoms with E-state index in [0.717, 1.165) is 0 Å². The predicted octanol–water partition coefficient (Wildman–Crippen LogP) is 2.30. The van der Waals surface area contributed by atoms with E-state index >= 15 is 0 Å². The fourth-order valence-electron chi connectivity index (χ4n) is 0.634. The maximum atomic E-state index is 9.98. The number of rotatable bonds is 2. The van der Waals surface area contributed by atoms with Crippen molar-refractivity contribution < 1.29 is 20.3 Å². The second-order valence-electron chi connectivity index (χ2n) is 1.84. The highest BCUT2D eigenvalue weighted by molar-refractivity contribution is 6.40. The molecule has 6 heteroatoms. The Kier molecular flexibility index (Phi) is 3.75. The van der Waals surface area contributed by atoms with Crippen molar-refractivity contribution in [3.05, 3.63) is 27.2 Å². The molecular formula is C6H2Cl4O2. The van der Waals surface area contributed by atoms with Crippen LogP contribution in [0.2, 0.25) is 15.1 Å². The molecule has 1 rings (SSSR count). The van der Waals surface area contributed by atoms with E-state index in [1.165, 1.54) is 12.1 Å². The van der Waals surface area contributed by atoms with E-state index in [9.17, 15) is 4.66 Å². The molecular weight excluding hydrogens is 246 g/mol. The zero-order valence-corrected chi connectivity index (χ0v) is 8.51. The van der Waals surface area contributed by atoms with Crippen molar-refractivity contribution in [2.45, 2.75) is 0 Å². The molecule has 0 saturated heterocycles. The molecule has 0 unspecified atom stereocenters. The summed E-state index contributed by atoms with van der Waals surface area (Å²) < 4.78 is 14.5. The van der Waals surface area contributed by atoms with Crippen molar-refractivity contribution >= 4 is 34.8 Å². The Morgan fingerprint density at radius 1 is 1.17 bits per heavy atom. The van der Waals surface area contributed by atoms with Gasteiger partial charge in [-0.3, -0.25) is 0 Å². The molecule has 0 aromatic heterocycles. The molecule has 0 heterocycles. The van der Waals surface area contributed by atoms with Gasteiger partial charge in [-0.1, -0.05) is 34.8 Å². The van der Waals surface area contributed by atoms with Gasteiger partial charge < -0.3 is 4.66 Å². The first kappa shape index (κ1) is 10.2. The van der Waals surface area contributed by atoms with Crippen molar-refractivity contribution in [2.24, 2.45) is 0 Å². The zero-order valence-electron chi connectivity index (χ0n) is 5.48. The molecule has 1 aromatic rings. The Balaban J connectivity index is 3.10. The average Bonchev–Trinajstić information content (AvgIpc) is 1.96. The van der Waals surface area contributed by atoms with Gasteiger partial charge in [-0.15, -0.1) is 0 Å². The van der Waals surface area contributed by atoms with Gasteiger partial charge in [0.25, 0.3) is 0 Å². The van der Waals surface area contributed by atoms with Gasteiger partial charge in [-0.05, 0) is 12.1 Å². The van der Waals surface area contributed by atoms with Gasteiger partial charge in [0, 0.05) is 5.02 Å². The molecule has 0 aliphatic heterocycles. The molecule has 0 radical (unpaired) electrons. The van der Waals surface area contributed by atoms with Gasteiger partial charge in [-0.2, -0.15) is 0 Å². The molecule has 66 valence electrons. The first-order valence-corrected chi connectivity index (χ1v) is 4.49. The second kappa shape index (κ2) is 4.40. The Bertz CT molecular complexity index is 266. The van der Waals surface area contributed by atoms with E-state index < -0.39 is 0 Å². The maximum absolute atomic E-state index is 9.98. The molecule has 0 spiro atoms. The van der Waals surface area contributed by atoms with Crippen LogP contribution in [0.3, 0.4) is 0 Å². The summed E-state index contributed by atoms with van der Waals surface area (Å²) >= 11 is 17.3. The van der Waals surface area contributed by atoms with Crippen LogP contribution in [0.4, 0.5) is 0 Å². The fourth-order valence-corrected chi connectivity index (χ4v) is 1.84. The third-order valence-corrected chi connectivity index (χ3v) is 2.07. The van der Waals surface area contributed by atoms with E-state index in [0.29, 0.717) is 16.3 Å². The molecule has 0 N–H and O–H groups in total. The molecule has 0 fully saturated rings. The van der Waals surface area contributed by atoms with Crippen LogP contribution in [-0.4, -0.2) is 0 Å². The van der Waals surface area contributed by atoms with E-state index in [4.69, 9.17) is 34.8 Å². The van der Waals surface area contributed by atoms with Crippen LogP contribution in [0.15, 0.2) is 12.1 Å². The summed E-state index contributed by atoms with van der Waals surface area (Å²) in [7, 11) is 0. The highest BCUT2D eigenvalue weighted by Gasteiger charge is 2.13. The van der Waals surface area contributed by atoms with Crippen LogP contribution in [0.5, 0.6) is 5.75 Å². The van der Waals surface area contributed by atoms with Crippen LogP contribution in [0.1, 0.15) is 0 Å². The Morgan fingerprint density at radius 2 is 1.67 bits per heavy atom. The molecule has 0 bridgehead atoms. The van der Waals surface area contributed by atoms with Crippen LogP contribution in [-0.2, 0) is 0 Å². The molecule has 12 heavy (non-hydrogen) atoms. The summed E-state index contributed by atoms with van der Waals surface area (Å²) in [4.78, 5) is 0. The first-order valence-electron chi connectivity index (χ1n) is 2.73. The van der Waals surface area contributed by atoms with Gasteiger partial charge in [0.15, 0.2) is 0 Å². The summed E-state index contributed by atoms with van der Waals surface area (Å²) in [6.45, 7) is 0. The summed E-state index contributed by atoms with van der Waals surface area (Å²) in [6, 6.07) is 2.87.